The highest BCUT2D eigenvalue weighted by Gasteiger charge is 2.26. The van der Waals surface area contributed by atoms with Gasteiger partial charge in [0.1, 0.15) is 5.69 Å². The standard InChI is InChI=1S/C10H16N4O4S/c1-4-13(3)19(17,18)10-6-9(14(15)16)8(12-11)5-7(10)2/h5-6,12H,4,11H2,1-3H3. The molecule has 8 nitrogen and oxygen atoms in total. The van der Waals surface area contributed by atoms with Crippen molar-refractivity contribution in [2.24, 2.45) is 5.84 Å². The molecule has 0 fully saturated rings. The number of sulfonamides is 1. The molecular formula is C10H16N4O4S. The molecule has 0 amide bonds. The van der Waals surface area contributed by atoms with Gasteiger partial charge in [-0.15, -0.1) is 0 Å². The highest BCUT2D eigenvalue weighted by atomic mass is 32.2. The molecule has 0 aromatic heterocycles. The zero-order chi connectivity index (χ0) is 14.8. The Hall–Kier alpha value is -1.71. The van der Waals surface area contributed by atoms with Gasteiger partial charge in [-0.3, -0.25) is 16.0 Å². The molecule has 0 bridgehead atoms. The molecule has 9 heteroatoms. The number of rotatable bonds is 5. The lowest BCUT2D eigenvalue weighted by molar-refractivity contribution is -0.384. The van der Waals surface area contributed by atoms with E-state index in [0.717, 1.165) is 10.4 Å². The van der Waals surface area contributed by atoms with Crippen LogP contribution in [0.15, 0.2) is 17.0 Å². The third-order valence-electron chi connectivity index (χ3n) is 2.78. The quantitative estimate of drug-likeness (QED) is 0.470. The number of nitrogen functional groups attached to an aromatic ring is 1. The van der Waals surface area contributed by atoms with Crippen molar-refractivity contribution in [1.29, 1.82) is 0 Å². The Morgan fingerprint density at radius 1 is 1.47 bits per heavy atom. The summed E-state index contributed by atoms with van der Waals surface area (Å²) in [5.41, 5.74) is 2.27. The van der Waals surface area contributed by atoms with Crippen LogP contribution in [0, 0.1) is 17.0 Å². The molecule has 0 aliphatic carbocycles. The number of hydrogen-bond acceptors (Lipinski definition) is 6. The molecule has 0 unspecified atom stereocenters. The first-order valence-corrected chi connectivity index (χ1v) is 6.91. The first kappa shape index (κ1) is 15.3. The van der Waals surface area contributed by atoms with E-state index in [1.807, 2.05) is 0 Å². The van der Waals surface area contributed by atoms with E-state index in [4.69, 9.17) is 5.84 Å². The molecule has 1 rings (SSSR count). The van der Waals surface area contributed by atoms with Gasteiger partial charge in [0.15, 0.2) is 0 Å². The average Bonchev–Trinajstić information content (AvgIpc) is 2.36. The van der Waals surface area contributed by atoms with Crippen molar-refractivity contribution in [2.45, 2.75) is 18.7 Å². The highest BCUT2D eigenvalue weighted by molar-refractivity contribution is 7.89. The molecule has 0 spiro atoms. The Balaban J connectivity index is 3.54. The molecule has 0 saturated heterocycles. The minimum absolute atomic E-state index is 0.0700. The van der Waals surface area contributed by atoms with E-state index in [1.54, 1.807) is 13.8 Å². The Morgan fingerprint density at radius 2 is 2.05 bits per heavy atom. The zero-order valence-corrected chi connectivity index (χ0v) is 11.7. The number of nitrogens with one attached hydrogen (secondary N) is 1. The van der Waals surface area contributed by atoms with Crippen LogP contribution in [0.4, 0.5) is 11.4 Å². The fourth-order valence-corrected chi connectivity index (χ4v) is 2.96. The zero-order valence-electron chi connectivity index (χ0n) is 10.9. The second-order valence-corrected chi connectivity index (χ2v) is 5.97. The molecule has 0 saturated carbocycles. The highest BCUT2D eigenvalue weighted by Crippen LogP contribution is 2.31. The van der Waals surface area contributed by atoms with Crippen LogP contribution in [0.5, 0.6) is 0 Å². The van der Waals surface area contributed by atoms with E-state index in [-0.39, 0.29) is 22.8 Å². The normalized spacial score (nSPS) is 11.6. The molecule has 19 heavy (non-hydrogen) atoms. The summed E-state index contributed by atoms with van der Waals surface area (Å²) < 4.78 is 25.5. The number of aryl methyl sites for hydroxylation is 1. The Labute approximate surface area is 111 Å². The van der Waals surface area contributed by atoms with Gasteiger partial charge in [0.05, 0.1) is 9.82 Å². The Bertz CT molecular complexity index is 600. The van der Waals surface area contributed by atoms with Gasteiger partial charge in [0.2, 0.25) is 10.0 Å². The second kappa shape index (κ2) is 5.51. The number of benzene rings is 1. The third-order valence-corrected chi connectivity index (χ3v) is 4.85. The predicted octanol–water partition coefficient (Wildman–Crippen LogP) is 0.829. The lowest BCUT2D eigenvalue weighted by atomic mass is 10.2. The number of anilines is 1. The van der Waals surface area contributed by atoms with E-state index in [2.05, 4.69) is 5.43 Å². The molecule has 1 aromatic carbocycles. The molecule has 0 heterocycles. The summed E-state index contributed by atoms with van der Waals surface area (Å²) in [5, 5.41) is 10.9. The smallest absolute Gasteiger partial charge is 0.295 e. The molecule has 0 atom stereocenters. The van der Waals surface area contributed by atoms with Crippen LogP contribution in [0.1, 0.15) is 12.5 Å². The maximum Gasteiger partial charge on any atom is 0.295 e. The van der Waals surface area contributed by atoms with Gasteiger partial charge in [0, 0.05) is 19.7 Å². The van der Waals surface area contributed by atoms with Gasteiger partial charge < -0.3 is 5.43 Å². The summed E-state index contributed by atoms with van der Waals surface area (Å²) in [5.74, 6) is 5.19. The minimum atomic E-state index is -3.74. The summed E-state index contributed by atoms with van der Waals surface area (Å²) in [6, 6.07) is 2.36. The van der Waals surface area contributed by atoms with Crippen LogP contribution < -0.4 is 11.3 Å². The van der Waals surface area contributed by atoms with Crippen LogP contribution in [0.2, 0.25) is 0 Å². The fourth-order valence-electron chi connectivity index (χ4n) is 1.56. The van der Waals surface area contributed by atoms with Gasteiger partial charge in [-0.05, 0) is 18.6 Å². The number of nitrogens with two attached hydrogens (primary N) is 1. The van der Waals surface area contributed by atoms with Crippen LogP contribution in [-0.2, 0) is 10.0 Å². The van der Waals surface area contributed by atoms with Gasteiger partial charge in [0.25, 0.3) is 5.69 Å². The molecule has 106 valence electrons. The largest absolute Gasteiger partial charge is 0.318 e. The maximum atomic E-state index is 12.2. The Morgan fingerprint density at radius 3 is 2.47 bits per heavy atom. The third kappa shape index (κ3) is 2.83. The predicted molar refractivity (Wildman–Crippen MR) is 71.1 cm³/mol. The van der Waals surface area contributed by atoms with Crippen LogP contribution in [-0.4, -0.2) is 31.2 Å². The summed E-state index contributed by atoms with van der Waals surface area (Å²) in [6.07, 6.45) is 0. The fraction of sp³-hybridized carbons (Fsp3) is 0.400. The topological polar surface area (TPSA) is 119 Å². The minimum Gasteiger partial charge on any atom is -0.318 e. The second-order valence-electron chi connectivity index (χ2n) is 3.96. The number of nitro benzene ring substituents is 1. The summed E-state index contributed by atoms with van der Waals surface area (Å²) in [6.45, 7) is 3.50. The first-order chi connectivity index (χ1) is 8.75. The molecule has 0 radical (unpaired) electrons. The van der Waals surface area contributed by atoms with Gasteiger partial charge in [-0.2, -0.15) is 0 Å². The van der Waals surface area contributed by atoms with Crippen molar-refractivity contribution in [3.63, 3.8) is 0 Å². The molecule has 1 aromatic rings. The maximum absolute atomic E-state index is 12.2. The van der Waals surface area contributed by atoms with Crippen molar-refractivity contribution < 1.29 is 13.3 Å². The van der Waals surface area contributed by atoms with E-state index in [1.165, 1.54) is 13.1 Å². The van der Waals surface area contributed by atoms with Gasteiger partial charge >= 0.3 is 0 Å². The SMILES string of the molecule is CCN(C)S(=O)(=O)c1cc([N+](=O)[O-])c(NN)cc1C. The van der Waals surface area contributed by atoms with Crippen LogP contribution in [0.3, 0.4) is 0 Å². The Kier molecular flexibility index (Phi) is 4.45. The van der Waals surface area contributed by atoms with Gasteiger partial charge in [-0.25, -0.2) is 12.7 Å². The van der Waals surface area contributed by atoms with Crippen LogP contribution in [0.25, 0.3) is 0 Å². The van der Waals surface area contributed by atoms with Gasteiger partial charge in [-0.1, -0.05) is 6.92 Å². The number of nitrogens with zero attached hydrogens (tertiary/aromatic N) is 2. The monoisotopic (exact) mass is 288 g/mol. The molecule has 0 aliphatic heterocycles. The lowest BCUT2D eigenvalue weighted by Gasteiger charge is -2.17. The molecular weight excluding hydrogens is 272 g/mol. The van der Waals surface area contributed by atoms with E-state index in [9.17, 15) is 18.5 Å². The van der Waals surface area contributed by atoms with Crippen molar-refractivity contribution >= 4 is 21.4 Å². The number of hydrazine groups is 1. The summed E-state index contributed by atoms with van der Waals surface area (Å²) >= 11 is 0. The van der Waals surface area contributed by atoms with Crippen molar-refractivity contribution in [3.05, 3.63) is 27.8 Å². The lowest BCUT2D eigenvalue weighted by Crippen LogP contribution is -2.27. The van der Waals surface area contributed by atoms with Crippen molar-refractivity contribution in [1.82, 2.24) is 4.31 Å². The average molecular weight is 288 g/mol. The van der Waals surface area contributed by atoms with E-state index < -0.39 is 14.9 Å². The van der Waals surface area contributed by atoms with Crippen LogP contribution >= 0.6 is 0 Å². The van der Waals surface area contributed by atoms with E-state index >= 15 is 0 Å². The number of hydrogen-bond donors (Lipinski definition) is 2. The summed E-state index contributed by atoms with van der Waals surface area (Å²) in [4.78, 5) is 10.1. The summed E-state index contributed by atoms with van der Waals surface area (Å²) in [7, 11) is -2.33. The molecule has 3 N–H and O–H groups in total. The first-order valence-electron chi connectivity index (χ1n) is 5.47. The van der Waals surface area contributed by atoms with Crippen molar-refractivity contribution in [3.8, 4) is 0 Å². The van der Waals surface area contributed by atoms with Crippen molar-refractivity contribution in [2.75, 3.05) is 19.0 Å². The van der Waals surface area contributed by atoms with E-state index in [0.29, 0.717) is 5.56 Å². The number of nitro groups is 1. The molecule has 0 aliphatic rings.